The first-order valence-electron chi connectivity index (χ1n) is 10.9. The van der Waals surface area contributed by atoms with E-state index < -0.39 is 0 Å². The summed E-state index contributed by atoms with van der Waals surface area (Å²) in [5, 5.41) is 0. The molecule has 0 radical (unpaired) electrons. The molecule has 2 aromatic rings. The number of likely N-dealkylation sites (tertiary alicyclic amines) is 1. The van der Waals surface area contributed by atoms with Crippen LogP contribution in [0.5, 0.6) is 0 Å². The van der Waals surface area contributed by atoms with Gasteiger partial charge in [0, 0.05) is 24.9 Å². The van der Waals surface area contributed by atoms with Crippen LogP contribution in [0.25, 0.3) is 0 Å². The Morgan fingerprint density at radius 3 is 2.07 bits per heavy atom. The molecule has 0 aromatic heterocycles. The molecule has 4 rings (SSSR count). The van der Waals surface area contributed by atoms with Crippen molar-refractivity contribution in [2.75, 3.05) is 50.7 Å². The second-order valence-corrected chi connectivity index (χ2v) is 8.34. The Morgan fingerprint density at radius 2 is 1.41 bits per heavy atom. The van der Waals surface area contributed by atoms with Gasteiger partial charge in [0.1, 0.15) is 0 Å². The molecular formula is C24H35N3+2. The molecule has 3 heteroatoms. The van der Waals surface area contributed by atoms with E-state index in [4.69, 9.17) is 0 Å². The minimum Gasteiger partial charge on any atom is -0.360 e. The first-order valence-corrected chi connectivity index (χ1v) is 10.9. The molecule has 2 aromatic carbocycles. The number of para-hydroxylation sites is 1. The van der Waals surface area contributed by atoms with E-state index in [0.29, 0.717) is 0 Å². The van der Waals surface area contributed by atoms with Gasteiger partial charge in [0.05, 0.1) is 51.9 Å². The second kappa shape index (κ2) is 9.38. The quantitative estimate of drug-likeness (QED) is 0.781. The maximum absolute atomic E-state index is 2.56. The first kappa shape index (κ1) is 18.5. The molecule has 2 saturated heterocycles. The molecule has 0 unspecified atom stereocenters. The normalized spacial score (nSPS) is 24.1. The van der Waals surface area contributed by atoms with Gasteiger partial charge in [-0.2, -0.15) is 0 Å². The first-order chi connectivity index (χ1) is 13.4. The molecule has 0 bridgehead atoms. The Kier molecular flexibility index (Phi) is 6.44. The molecule has 27 heavy (non-hydrogen) atoms. The summed E-state index contributed by atoms with van der Waals surface area (Å²) in [6.45, 7) is 9.15. The van der Waals surface area contributed by atoms with E-state index in [2.05, 4.69) is 65.6 Å². The van der Waals surface area contributed by atoms with E-state index in [1.165, 1.54) is 82.7 Å². The summed E-state index contributed by atoms with van der Waals surface area (Å²) in [5.74, 6) is 0. The molecule has 3 nitrogen and oxygen atoms in total. The molecule has 2 aliphatic rings. The van der Waals surface area contributed by atoms with Crippen molar-refractivity contribution in [3.8, 4) is 0 Å². The highest BCUT2D eigenvalue weighted by Crippen LogP contribution is 2.12. The molecular weight excluding hydrogens is 330 g/mol. The zero-order chi connectivity index (χ0) is 18.3. The number of piperidine rings is 1. The SMILES string of the molecule is c1ccc(CCC[NH+]2CCC([NH+]3CCN(c4ccccc4)CC3)CC2)cc1. The zero-order valence-corrected chi connectivity index (χ0v) is 16.6. The largest absolute Gasteiger partial charge is 0.360 e. The third kappa shape index (κ3) is 5.12. The summed E-state index contributed by atoms with van der Waals surface area (Å²) in [4.78, 5) is 6.27. The topological polar surface area (TPSA) is 12.1 Å². The Bertz CT molecular complexity index is 657. The van der Waals surface area contributed by atoms with Crippen molar-refractivity contribution in [2.24, 2.45) is 0 Å². The van der Waals surface area contributed by atoms with Crippen molar-refractivity contribution < 1.29 is 9.80 Å². The van der Waals surface area contributed by atoms with Crippen molar-refractivity contribution in [1.29, 1.82) is 0 Å². The average molecular weight is 366 g/mol. The van der Waals surface area contributed by atoms with E-state index in [1.807, 2.05) is 9.80 Å². The van der Waals surface area contributed by atoms with Crippen LogP contribution in [0.3, 0.4) is 0 Å². The fraction of sp³-hybridized carbons (Fsp3) is 0.500. The van der Waals surface area contributed by atoms with Crippen LogP contribution in [-0.4, -0.2) is 51.9 Å². The Balaban J connectivity index is 1.16. The number of quaternary nitrogens is 2. The van der Waals surface area contributed by atoms with Crippen LogP contribution in [-0.2, 0) is 6.42 Å². The van der Waals surface area contributed by atoms with Gasteiger partial charge in [-0.25, -0.2) is 0 Å². The lowest BCUT2D eigenvalue weighted by Gasteiger charge is -2.39. The van der Waals surface area contributed by atoms with Gasteiger partial charge < -0.3 is 14.7 Å². The molecule has 2 aliphatic heterocycles. The number of aryl methyl sites for hydroxylation is 1. The molecule has 0 spiro atoms. The number of hydrogen-bond donors (Lipinski definition) is 2. The number of benzene rings is 2. The van der Waals surface area contributed by atoms with E-state index >= 15 is 0 Å². The van der Waals surface area contributed by atoms with Gasteiger partial charge in [0.15, 0.2) is 0 Å². The summed E-state index contributed by atoms with van der Waals surface area (Å²) in [6, 6.07) is 22.8. The van der Waals surface area contributed by atoms with E-state index in [1.54, 1.807) is 0 Å². The lowest BCUT2D eigenvalue weighted by Crippen LogP contribution is -3.22. The summed E-state index contributed by atoms with van der Waals surface area (Å²) in [5.41, 5.74) is 2.89. The summed E-state index contributed by atoms with van der Waals surface area (Å²) in [6.07, 6.45) is 5.40. The molecule has 0 amide bonds. The lowest BCUT2D eigenvalue weighted by atomic mass is 10.0. The number of rotatable bonds is 6. The maximum atomic E-state index is 2.56. The van der Waals surface area contributed by atoms with Gasteiger partial charge >= 0.3 is 0 Å². The molecule has 2 N–H and O–H groups in total. The second-order valence-electron chi connectivity index (χ2n) is 8.34. The molecule has 144 valence electrons. The van der Waals surface area contributed by atoms with Crippen LogP contribution in [0.2, 0.25) is 0 Å². The van der Waals surface area contributed by atoms with Crippen molar-refractivity contribution >= 4 is 5.69 Å². The highest BCUT2D eigenvalue weighted by molar-refractivity contribution is 5.46. The molecule has 2 fully saturated rings. The average Bonchev–Trinajstić information content (AvgIpc) is 2.76. The van der Waals surface area contributed by atoms with Crippen LogP contribution < -0.4 is 14.7 Å². The third-order valence-electron chi connectivity index (χ3n) is 6.64. The number of hydrogen-bond acceptors (Lipinski definition) is 1. The highest BCUT2D eigenvalue weighted by Gasteiger charge is 2.32. The molecule has 2 heterocycles. The Labute approximate surface area is 164 Å². The van der Waals surface area contributed by atoms with Crippen LogP contribution in [0.4, 0.5) is 5.69 Å². The summed E-state index contributed by atoms with van der Waals surface area (Å²) >= 11 is 0. The van der Waals surface area contributed by atoms with E-state index in [9.17, 15) is 0 Å². The Morgan fingerprint density at radius 1 is 0.778 bits per heavy atom. The van der Waals surface area contributed by atoms with Gasteiger partial charge in [-0.3, -0.25) is 0 Å². The van der Waals surface area contributed by atoms with Crippen LogP contribution >= 0.6 is 0 Å². The number of nitrogens with one attached hydrogen (secondary N) is 2. The number of anilines is 1. The van der Waals surface area contributed by atoms with Gasteiger partial charge in [-0.1, -0.05) is 48.5 Å². The molecule has 0 atom stereocenters. The minimum absolute atomic E-state index is 0.904. The lowest BCUT2D eigenvalue weighted by molar-refractivity contribution is -0.958. The Hall–Kier alpha value is -1.84. The van der Waals surface area contributed by atoms with Crippen molar-refractivity contribution in [1.82, 2.24) is 0 Å². The predicted molar refractivity (Wildman–Crippen MR) is 113 cm³/mol. The van der Waals surface area contributed by atoms with Gasteiger partial charge in [0.2, 0.25) is 0 Å². The third-order valence-corrected chi connectivity index (χ3v) is 6.64. The summed E-state index contributed by atoms with van der Waals surface area (Å²) in [7, 11) is 0. The van der Waals surface area contributed by atoms with Crippen LogP contribution in [0.15, 0.2) is 60.7 Å². The highest BCUT2D eigenvalue weighted by atomic mass is 15.3. The smallest absolute Gasteiger partial charge is 0.0984 e. The minimum atomic E-state index is 0.904. The maximum Gasteiger partial charge on any atom is 0.0984 e. The number of piperazine rings is 1. The van der Waals surface area contributed by atoms with Crippen LogP contribution in [0, 0.1) is 0 Å². The fourth-order valence-electron chi connectivity index (χ4n) is 4.97. The predicted octanol–water partition coefficient (Wildman–Crippen LogP) is 1.07. The van der Waals surface area contributed by atoms with E-state index in [-0.39, 0.29) is 0 Å². The van der Waals surface area contributed by atoms with E-state index in [0.717, 1.165) is 6.04 Å². The van der Waals surface area contributed by atoms with Crippen molar-refractivity contribution in [3.63, 3.8) is 0 Å². The van der Waals surface area contributed by atoms with Gasteiger partial charge in [0.25, 0.3) is 0 Å². The fourth-order valence-corrected chi connectivity index (χ4v) is 4.97. The van der Waals surface area contributed by atoms with Gasteiger partial charge in [-0.15, -0.1) is 0 Å². The standard InChI is InChI=1S/C24H33N3/c1-3-8-22(9-4-1)10-7-15-25-16-13-24(14-17-25)27-20-18-26(19-21-27)23-11-5-2-6-12-23/h1-6,8-9,11-12,24H,7,10,13-21H2/p+2. The summed E-state index contributed by atoms with van der Waals surface area (Å²) < 4.78 is 0. The van der Waals surface area contributed by atoms with Gasteiger partial charge in [-0.05, 0) is 24.1 Å². The monoisotopic (exact) mass is 365 g/mol. The molecule has 0 aliphatic carbocycles. The van der Waals surface area contributed by atoms with Crippen molar-refractivity contribution in [2.45, 2.75) is 31.7 Å². The molecule has 0 saturated carbocycles. The van der Waals surface area contributed by atoms with Crippen LogP contribution in [0.1, 0.15) is 24.8 Å². The number of nitrogens with zero attached hydrogens (tertiary/aromatic N) is 1. The van der Waals surface area contributed by atoms with Crippen molar-refractivity contribution in [3.05, 3.63) is 66.2 Å². The zero-order valence-electron chi connectivity index (χ0n) is 16.6.